The summed E-state index contributed by atoms with van der Waals surface area (Å²) in [6.45, 7) is 3.80. The maximum absolute atomic E-state index is 13.2. The number of phenolic OH excluding ortho intramolecular Hbond substituents is 2. The van der Waals surface area contributed by atoms with E-state index in [0.29, 0.717) is 5.56 Å². The molecule has 0 amide bonds. The van der Waals surface area contributed by atoms with Gasteiger partial charge in [0.1, 0.15) is 17.3 Å². The largest absolute Gasteiger partial charge is 0.508 e. The summed E-state index contributed by atoms with van der Waals surface area (Å²) in [6, 6.07) is 10.5. The van der Waals surface area contributed by atoms with Crippen molar-refractivity contribution in [3.8, 4) is 11.5 Å². The third kappa shape index (κ3) is 3.27. The summed E-state index contributed by atoms with van der Waals surface area (Å²) >= 11 is 0. The Balaban J connectivity index is 2.15. The van der Waals surface area contributed by atoms with Gasteiger partial charge < -0.3 is 15.5 Å². The van der Waals surface area contributed by atoms with Crippen molar-refractivity contribution in [3.63, 3.8) is 0 Å². The minimum atomic E-state index is -0.274. The van der Waals surface area contributed by atoms with Crippen LogP contribution in [0.2, 0.25) is 0 Å². The second-order valence-corrected chi connectivity index (χ2v) is 4.91. The highest BCUT2D eigenvalue weighted by atomic mass is 19.1. The van der Waals surface area contributed by atoms with Crippen LogP contribution in [-0.2, 0) is 0 Å². The zero-order chi connectivity index (χ0) is 14.7. The van der Waals surface area contributed by atoms with E-state index in [1.54, 1.807) is 6.07 Å². The Morgan fingerprint density at radius 1 is 1.00 bits per heavy atom. The van der Waals surface area contributed by atoms with Crippen molar-refractivity contribution in [1.29, 1.82) is 0 Å². The van der Waals surface area contributed by atoms with E-state index in [-0.39, 0.29) is 29.4 Å². The number of nitrogens with one attached hydrogen (secondary N) is 1. The topological polar surface area (TPSA) is 52.5 Å². The summed E-state index contributed by atoms with van der Waals surface area (Å²) in [4.78, 5) is 0. The molecule has 0 aliphatic rings. The lowest BCUT2D eigenvalue weighted by Crippen LogP contribution is -2.22. The Morgan fingerprint density at radius 2 is 1.75 bits per heavy atom. The van der Waals surface area contributed by atoms with Crippen LogP contribution in [0.5, 0.6) is 11.5 Å². The third-order valence-electron chi connectivity index (χ3n) is 3.33. The SMILES string of the molecule is CC(NC(C)c1cc(O)ccc1O)c1cccc(F)c1. The monoisotopic (exact) mass is 275 g/mol. The molecule has 2 aromatic carbocycles. The number of phenols is 2. The second kappa shape index (κ2) is 5.92. The fraction of sp³-hybridized carbons (Fsp3) is 0.250. The van der Waals surface area contributed by atoms with Gasteiger partial charge in [0.2, 0.25) is 0 Å². The molecule has 0 spiro atoms. The van der Waals surface area contributed by atoms with Crippen LogP contribution in [-0.4, -0.2) is 10.2 Å². The molecule has 20 heavy (non-hydrogen) atoms. The number of halogens is 1. The van der Waals surface area contributed by atoms with E-state index >= 15 is 0 Å². The average molecular weight is 275 g/mol. The van der Waals surface area contributed by atoms with Gasteiger partial charge in [0.25, 0.3) is 0 Å². The normalized spacial score (nSPS) is 13.9. The summed E-state index contributed by atoms with van der Waals surface area (Å²) in [5, 5.41) is 22.6. The van der Waals surface area contributed by atoms with Gasteiger partial charge in [-0.25, -0.2) is 4.39 Å². The molecular weight excluding hydrogens is 257 g/mol. The Labute approximate surface area is 117 Å². The average Bonchev–Trinajstić information content (AvgIpc) is 2.41. The molecule has 0 saturated carbocycles. The smallest absolute Gasteiger partial charge is 0.123 e. The van der Waals surface area contributed by atoms with Crippen molar-refractivity contribution >= 4 is 0 Å². The highest BCUT2D eigenvalue weighted by Crippen LogP contribution is 2.29. The first-order valence-corrected chi connectivity index (χ1v) is 6.50. The Bertz CT molecular complexity index is 601. The first-order chi connectivity index (χ1) is 9.47. The van der Waals surface area contributed by atoms with Crippen LogP contribution in [0.4, 0.5) is 4.39 Å². The molecule has 2 atom stereocenters. The summed E-state index contributed by atoms with van der Waals surface area (Å²) in [7, 11) is 0. The van der Waals surface area contributed by atoms with Crippen LogP contribution in [0, 0.1) is 5.82 Å². The van der Waals surface area contributed by atoms with Crippen molar-refractivity contribution in [2.45, 2.75) is 25.9 Å². The van der Waals surface area contributed by atoms with Gasteiger partial charge in [-0.05, 0) is 49.7 Å². The van der Waals surface area contributed by atoms with Crippen molar-refractivity contribution < 1.29 is 14.6 Å². The van der Waals surface area contributed by atoms with E-state index < -0.39 is 0 Å². The summed E-state index contributed by atoms with van der Waals surface area (Å²) in [6.07, 6.45) is 0. The van der Waals surface area contributed by atoms with Gasteiger partial charge in [-0.15, -0.1) is 0 Å². The fourth-order valence-corrected chi connectivity index (χ4v) is 2.23. The molecule has 4 heteroatoms. The number of hydrogen-bond donors (Lipinski definition) is 3. The van der Waals surface area contributed by atoms with Gasteiger partial charge in [-0.2, -0.15) is 0 Å². The Morgan fingerprint density at radius 3 is 2.45 bits per heavy atom. The second-order valence-electron chi connectivity index (χ2n) is 4.91. The molecule has 0 aliphatic heterocycles. The fourth-order valence-electron chi connectivity index (χ4n) is 2.23. The highest BCUT2D eigenvalue weighted by Gasteiger charge is 2.15. The maximum atomic E-state index is 13.2. The minimum Gasteiger partial charge on any atom is -0.508 e. The molecule has 0 saturated heterocycles. The minimum absolute atomic E-state index is 0.0811. The third-order valence-corrected chi connectivity index (χ3v) is 3.33. The van der Waals surface area contributed by atoms with Gasteiger partial charge in [0.05, 0.1) is 0 Å². The van der Waals surface area contributed by atoms with E-state index in [2.05, 4.69) is 5.32 Å². The Kier molecular flexibility index (Phi) is 4.25. The first-order valence-electron chi connectivity index (χ1n) is 6.50. The summed E-state index contributed by atoms with van der Waals surface area (Å²) in [5.74, 6) is -0.0527. The molecule has 0 heterocycles. The number of hydrogen-bond acceptors (Lipinski definition) is 3. The maximum Gasteiger partial charge on any atom is 0.123 e. The van der Waals surface area contributed by atoms with Crippen molar-refractivity contribution in [2.24, 2.45) is 0 Å². The highest BCUT2D eigenvalue weighted by molar-refractivity contribution is 5.40. The van der Waals surface area contributed by atoms with Crippen LogP contribution >= 0.6 is 0 Å². The van der Waals surface area contributed by atoms with Crippen LogP contribution in [0.1, 0.15) is 37.1 Å². The van der Waals surface area contributed by atoms with E-state index in [0.717, 1.165) is 5.56 Å². The molecule has 2 rings (SSSR count). The molecule has 3 nitrogen and oxygen atoms in total. The van der Waals surface area contributed by atoms with E-state index in [1.165, 1.54) is 30.3 Å². The molecule has 2 aromatic rings. The number of aromatic hydroxyl groups is 2. The summed E-state index contributed by atoms with van der Waals surface area (Å²) in [5.41, 5.74) is 1.43. The predicted molar refractivity (Wildman–Crippen MR) is 76.1 cm³/mol. The summed E-state index contributed by atoms with van der Waals surface area (Å²) < 4.78 is 13.2. The molecule has 0 aromatic heterocycles. The number of benzene rings is 2. The standard InChI is InChI=1S/C16H18FNO2/c1-10(12-4-3-5-13(17)8-12)18-11(2)15-9-14(19)6-7-16(15)20/h3-11,18-20H,1-2H3. The van der Waals surface area contributed by atoms with Crippen molar-refractivity contribution in [1.82, 2.24) is 5.32 Å². The van der Waals surface area contributed by atoms with Crippen molar-refractivity contribution in [2.75, 3.05) is 0 Å². The first kappa shape index (κ1) is 14.3. The molecule has 2 unspecified atom stereocenters. The Hall–Kier alpha value is -2.07. The zero-order valence-corrected chi connectivity index (χ0v) is 11.5. The molecular formula is C16H18FNO2. The molecule has 0 bridgehead atoms. The lowest BCUT2D eigenvalue weighted by atomic mass is 10.0. The van der Waals surface area contributed by atoms with Crippen LogP contribution in [0.3, 0.4) is 0 Å². The van der Waals surface area contributed by atoms with Gasteiger partial charge in [0, 0.05) is 17.6 Å². The van der Waals surface area contributed by atoms with Gasteiger partial charge in [-0.1, -0.05) is 12.1 Å². The lowest BCUT2D eigenvalue weighted by Gasteiger charge is -2.21. The molecule has 3 N–H and O–H groups in total. The quantitative estimate of drug-likeness (QED) is 0.747. The lowest BCUT2D eigenvalue weighted by molar-refractivity contribution is 0.429. The molecule has 0 radical (unpaired) electrons. The van der Waals surface area contributed by atoms with Crippen molar-refractivity contribution in [3.05, 3.63) is 59.4 Å². The van der Waals surface area contributed by atoms with E-state index in [4.69, 9.17) is 0 Å². The van der Waals surface area contributed by atoms with Crippen LogP contribution in [0.15, 0.2) is 42.5 Å². The van der Waals surface area contributed by atoms with Gasteiger partial charge in [-0.3, -0.25) is 0 Å². The van der Waals surface area contributed by atoms with E-state index in [9.17, 15) is 14.6 Å². The van der Waals surface area contributed by atoms with Crippen LogP contribution in [0.25, 0.3) is 0 Å². The molecule has 0 fully saturated rings. The molecule has 0 aliphatic carbocycles. The van der Waals surface area contributed by atoms with Gasteiger partial charge >= 0.3 is 0 Å². The van der Waals surface area contributed by atoms with E-state index in [1.807, 2.05) is 19.9 Å². The zero-order valence-electron chi connectivity index (χ0n) is 11.5. The molecule has 106 valence electrons. The van der Waals surface area contributed by atoms with Crippen LogP contribution < -0.4 is 5.32 Å². The number of rotatable bonds is 4. The predicted octanol–water partition coefficient (Wildman–Crippen LogP) is 3.65. The van der Waals surface area contributed by atoms with Gasteiger partial charge in [0.15, 0.2) is 0 Å².